The van der Waals surface area contributed by atoms with Gasteiger partial charge in [-0.3, -0.25) is 19.7 Å². The number of aliphatic carboxylic acids is 2. The number of nitro groups is 1. The first-order valence-corrected chi connectivity index (χ1v) is 5.00. The number of benzene rings is 1. The standard InChI is InChI=1S/C10H8ClNO6/c1-10(8(13)14,9(15)16)5-2-3-7(12(17)18)6(11)4-5/h2-4H,1H3,(H,13,14)(H,15,16). The van der Waals surface area contributed by atoms with Gasteiger partial charge in [0, 0.05) is 6.07 Å². The van der Waals surface area contributed by atoms with Gasteiger partial charge in [-0.2, -0.15) is 0 Å². The highest BCUT2D eigenvalue weighted by Crippen LogP contribution is 2.31. The Kier molecular flexibility index (Phi) is 3.57. The molecule has 0 aliphatic rings. The zero-order valence-corrected chi connectivity index (χ0v) is 9.84. The molecule has 96 valence electrons. The van der Waals surface area contributed by atoms with Gasteiger partial charge < -0.3 is 10.2 Å². The zero-order chi connectivity index (χ0) is 14.1. The number of hydrogen-bond donors (Lipinski definition) is 2. The van der Waals surface area contributed by atoms with Crippen LogP contribution in [0.3, 0.4) is 0 Å². The summed E-state index contributed by atoms with van der Waals surface area (Å²) in [5.41, 5.74) is -2.77. The molecule has 0 atom stereocenters. The van der Waals surface area contributed by atoms with E-state index >= 15 is 0 Å². The van der Waals surface area contributed by atoms with Gasteiger partial charge in [-0.05, 0) is 18.6 Å². The van der Waals surface area contributed by atoms with Crippen LogP contribution >= 0.6 is 11.6 Å². The van der Waals surface area contributed by atoms with E-state index in [9.17, 15) is 19.7 Å². The number of halogens is 1. The van der Waals surface area contributed by atoms with E-state index < -0.39 is 28.0 Å². The molecule has 0 aliphatic carbocycles. The van der Waals surface area contributed by atoms with Crippen LogP contribution in [0.25, 0.3) is 0 Å². The van der Waals surface area contributed by atoms with Crippen LogP contribution in [-0.4, -0.2) is 27.1 Å². The second-order valence-electron chi connectivity index (χ2n) is 3.66. The summed E-state index contributed by atoms with van der Waals surface area (Å²) in [5, 5.41) is 28.2. The Labute approximate surface area is 106 Å². The van der Waals surface area contributed by atoms with Crippen molar-refractivity contribution >= 4 is 29.2 Å². The molecule has 0 heterocycles. The molecule has 0 bridgehead atoms. The minimum Gasteiger partial charge on any atom is -0.480 e. The molecular weight excluding hydrogens is 266 g/mol. The van der Waals surface area contributed by atoms with Crippen LogP contribution < -0.4 is 0 Å². The van der Waals surface area contributed by atoms with Crippen LogP contribution in [0.2, 0.25) is 5.02 Å². The molecule has 0 amide bonds. The number of rotatable bonds is 4. The fourth-order valence-electron chi connectivity index (χ4n) is 1.30. The smallest absolute Gasteiger partial charge is 0.325 e. The van der Waals surface area contributed by atoms with Crippen molar-refractivity contribution in [2.45, 2.75) is 12.3 Å². The average Bonchev–Trinajstić information content (AvgIpc) is 2.26. The Morgan fingerprint density at radius 2 is 1.83 bits per heavy atom. The second kappa shape index (κ2) is 4.61. The second-order valence-corrected chi connectivity index (χ2v) is 4.07. The van der Waals surface area contributed by atoms with Gasteiger partial charge >= 0.3 is 11.9 Å². The molecule has 7 nitrogen and oxygen atoms in total. The number of carboxylic acids is 2. The number of carbonyl (C=O) groups is 2. The van der Waals surface area contributed by atoms with Crippen molar-refractivity contribution < 1.29 is 24.7 Å². The van der Waals surface area contributed by atoms with Crippen molar-refractivity contribution in [3.05, 3.63) is 38.9 Å². The van der Waals surface area contributed by atoms with E-state index in [0.717, 1.165) is 25.1 Å². The van der Waals surface area contributed by atoms with Gasteiger partial charge in [0.25, 0.3) is 5.69 Å². The van der Waals surface area contributed by atoms with Crippen LogP contribution in [-0.2, 0) is 15.0 Å². The summed E-state index contributed by atoms with van der Waals surface area (Å²) >= 11 is 5.61. The van der Waals surface area contributed by atoms with Crippen LogP contribution in [0.1, 0.15) is 12.5 Å². The maximum absolute atomic E-state index is 11.0. The number of carboxylic acid groups (broad SMARTS) is 2. The lowest BCUT2D eigenvalue weighted by Gasteiger charge is -2.20. The molecule has 0 saturated heterocycles. The monoisotopic (exact) mass is 273 g/mol. The third kappa shape index (κ3) is 2.12. The third-order valence-electron chi connectivity index (χ3n) is 2.58. The molecule has 0 fully saturated rings. The highest BCUT2D eigenvalue weighted by molar-refractivity contribution is 6.32. The predicted octanol–water partition coefficient (Wildman–Crippen LogP) is 1.68. The van der Waals surface area contributed by atoms with Crippen molar-refractivity contribution in [2.24, 2.45) is 0 Å². The Balaban J connectivity index is 3.42. The van der Waals surface area contributed by atoms with Gasteiger partial charge in [0.15, 0.2) is 5.41 Å². The largest absolute Gasteiger partial charge is 0.480 e. The van der Waals surface area contributed by atoms with Gasteiger partial charge in [-0.1, -0.05) is 17.7 Å². The van der Waals surface area contributed by atoms with Crippen LogP contribution in [0.5, 0.6) is 0 Å². The van der Waals surface area contributed by atoms with E-state index in [1.807, 2.05) is 0 Å². The summed E-state index contributed by atoms with van der Waals surface area (Å²) in [6, 6.07) is 3.01. The van der Waals surface area contributed by atoms with Crippen molar-refractivity contribution in [3.8, 4) is 0 Å². The molecule has 0 radical (unpaired) electrons. The first-order chi connectivity index (χ1) is 8.21. The summed E-state index contributed by atoms with van der Waals surface area (Å²) in [5.74, 6) is -3.17. The van der Waals surface area contributed by atoms with Crippen LogP contribution in [0.15, 0.2) is 18.2 Å². The van der Waals surface area contributed by atoms with Gasteiger partial charge in [-0.15, -0.1) is 0 Å². The normalized spacial score (nSPS) is 11.0. The average molecular weight is 274 g/mol. The molecule has 1 aromatic carbocycles. The summed E-state index contributed by atoms with van der Waals surface area (Å²) in [6.07, 6.45) is 0. The van der Waals surface area contributed by atoms with E-state index in [1.54, 1.807) is 0 Å². The van der Waals surface area contributed by atoms with Crippen molar-refractivity contribution in [1.29, 1.82) is 0 Å². The first kappa shape index (κ1) is 13.9. The van der Waals surface area contributed by atoms with Crippen LogP contribution in [0, 0.1) is 10.1 Å². The molecule has 2 N–H and O–H groups in total. The minimum absolute atomic E-state index is 0.141. The van der Waals surface area contributed by atoms with Gasteiger partial charge in [0.05, 0.1) is 4.92 Å². The highest BCUT2D eigenvalue weighted by atomic mass is 35.5. The Morgan fingerprint density at radius 1 is 1.33 bits per heavy atom. The Morgan fingerprint density at radius 3 is 2.17 bits per heavy atom. The molecule has 0 unspecified atom stereocenters. The number of nitrogens with zero attached hydrogens (tertiary/aromatic N) is 1. The highest BCUT2D eigenvalue weighted by Gasteiger charge is 2.44. The lowest BCUT2D eigenvalue weighted by Crippen LogP contribution is -2.40. The molecule has 0 aliphatic heterocycles. The number of nitro benzene ring substituents is 1. The van der Waals surface area contributed by atoms with E-state index in [0.29, 0.717) is 0 Å². The minimum atomic E-state index is -2.21. The van der Waals surface area contributed by atoms with E-state index in [1.165, 1.54) is 0 Å². The third-order valence-corrected chi connectivity index (χ3v) is 2.88. The maximum Gasteiger partial charge on any atom is 0.325 e. The number of hydrogen-bond acceptors (Lipinski definition) is 4. The molecule has 8 heteroatoms. The van der Waals surface area contributed by atoms with E-state index in [4.69, 9.17) is 21.8 Å². The maximum atomic E-state index is 11.0. The summed E-state index contributed by atoms with van der Waals surface area (Å²) in [6.45, 7) is 0.981. The molecule has 0 saturated carbocycles. The van der Waals surface area contributed by atoms with E-state index in [-0.39, 0.29) is 10.6 Å². The molecule has 0 aromatic heterocycles. The Hall–Kier alpha value is -2.15. The predicted molar refractivity (Wildman–Crippen MR) is 60.7 cm³/mol. The van der Waals surface area contributed by atoms with Crippen molar-refractivity contribution in [1.82, 2.24) is 0 Å². The first-order valence-electron chi connectivity index (χ1n) is 4.62. The quantitative estimate of drug-likeness (QED) is 0.489. The molecular formula is C10H8ClNO6. The lowest BCUT2D eigenvalue weighted by molar-refractivity contribution is -0.384. The van der Waals surface area contributed by atoms with Gasteiger partial charge in [-0.25, -0.2) is 0 Å². The molecule has 1 rings (SSSR count). The summed E-state index contributed by atoms with van der Waals surface area (Å²) in [7, 11) is 0. The molecule has 18 heavy (non-hydrogen) atoms. The van der Waals surface area contributed by atoms with Crippen molar-refractivity contribution in [3.63, 3.8) is 0 Å². The summed E-state index contributed by atoms with van der Waals surface area (Å²) < 4.78 is 0. The van der Waals surface area contributed by atoms with Crippen LogP contribution in [0.4, 0.5) is 5.69 Å². The lowest BCUT2D eigenvalue weighted by atomic mass is 9.82. The zero-order valence-electron chi connectivity index (χ0n) is 9.08. The Bertz CT molecular complexity index is 527. The summed E-state index contributed by atoms with van der Waals surface area (Å²) in [4.78, 5) is 31.9. The topological polar surface area (TPSA) is 118 Å². The molecule has 0 spiro atoms. The van der Waals surface area contributed by atoms with Gasteiger partial charge in [0.2, 0.25) is 0 Å². The van der Waals surface area contributed by atoms with Crippen molar-refractivity contribution in [2.75, 3.05) is 0 Å². The SMILES string of the molecule is CC(C(=O)O)(C(=O)O)c1ccc([N+](=O)[O-])c(Cl)c1. The van der Waals surface area contributed by atoms with E-state index in [2.05, 4.69) is 0 Å². The fraction of sp³-hybridized carbons (Fsp3) is 0.200. The molecule has 1 aromatic rings. The fourth-order valence-corrected chi connectivity index (χ4v) is 1.55. The van der Waals surface area contributed by atoms with Gasteiger partial charge in [0.1, 0.15) is 5.02 Å².